The zero-order valence-corrected chi connectivity index (χ0v) is 12.6. The molecule has 1 N–H and O–H groups in total. The van der Waals surface area contributed by atoms with Crippen LogP contribution < -0.4 is 0 Å². The zero-order valence-electron chi connectivity index (χ0n) is 11.0. The van der Waals surface area contributed by atoms with Crippen LogP contribution in [0.2, 0.25) is 5.02 Å². The Kier molecular flexibility index (Phi) is 4.36. The minimum atomic E-state index is -3.70. The van der Waals surface area contributed by atoms with E-state index in [1.54, 1.807) is 19.1 Å². The van der Waals surface area contributed by atoms with Gasteiger partial charge in [0.2, 0.25) is 10.0 Å². The van der Waals surface area contributed by atoms with Crippen molar-refractivity contribution in [2.24, 2.45) is 5.92 Å². The van der Waals surface area contributed by atoms with Crippen LogP contribution in [0, 0.1) is 12.8 Å². The Morgan fingerprint density at radius 3 is 2.80 bits per heavy atom. The van der Waals surface area contributed by atoms with Crippen molar-refractivity contribution in [3.05, 3.63) is 28.8 Å². The molecule has 0 saturated carbocycles. The normalized spacial score (nSPS) is 20.8. The molecule has 1 aliphatic rings. The Morgan fingerprint density at radius 2 is 2.15 bits per heavy atom. The van der Waals surface area contributed by atoms with Gasteiger partial charge in [0, 0.05) is 18.1 Å². The number of hydrogen-bond acceptors (Lipinski definition) is 3. The molecular weight excluding hydrogens is 302 g/mol. The number of hydrogen-bond donors (Lipinski definition) is 1. The standard InChI is InChI=1S/C13H16ClNO4S/c1-9-11(14)5-2-6-12(9)20(18,19)15-7-3-4-10(8-15)13(16)17/h2,5-6,10H,3-4,7-8H2,1H3,(H,16,17). The van der Waals surface area contributed by atoms with E-state index in [1.165, 1.54) is 10.4 Å². The fourth-order valence-corrected chi connectivity index (χ4v) is 4.37. The van der Waals surface area contributed by atoms with Gasteiger partial charge in [-0.15, -0.1) is 0 Å². The van der Waals surface area contributed by atoms with E-state index in [0.717, 1.165) is 0 Å². The van der Waals surface area contributed by atoms with Crippen LogP contribution in [0.5, 0.6) is 0 Å². The second kappa shape index (κ2) is 5.71. The molecule has 0 aromatic heterocycles. The first-order valence-electron chi connectivity index (χ1n) is 6.32. The third-order valence-electron chi connectivity index (χ3n) is 3.57. The smallest absolute Gasteiger partial charge is 0.307 e. The Labute approximate surface area is 123 Å². The van der Waals surface area contributed by atoms with Gasteiger partial charge in [-0.25, -0.2) is 8.42 Å². The van der Waals surface area contributed by atoms with Gasteiger partial charge in [0.1, 0.15) is 0 Å². The highest BCUT2D eigenvalue weighted by Crippen LogP contribution is 2.28. The first kappa shape index (κ1) is 15.3. The van der Waals surface area contributed by atoms with Gasteiger partial charge < -0.3 is 5.11 Å². The van der Waals surface area contributed by atoms with Crippen molar-refractivity contribution >= 4 is 27.6 Å². The summed E-state index contributed by atoms with van der Waals surface area (Å²) in [6, 6.07) is 4.72. The molecule has 1 aromatic carbocycles. The molecule has 1 aromatic rings. The molecule has 1 unspecified atom stereocenters. The summed E-state index contributed by atoms with van der Waals surface area (Å²) in [7, 11) is -3.70. The van der Waals surface area contributed by atoms with Crippen molar-refractivity contribution in [2.75, 3.05) is 13.1 Å². The van der Waals surface area contributed by atoms with Crippen molar-refractivity contribution in [1.29, 1.82) is 0 Å². The molecule has 1 atom stereocenters. The fourth-order valence-electron chi connectivity index (χ4n) is 2.37. The zero-order chi connectivity index (χ0) is 14.9. The molecule has 1 aliphatic heterocycles. The van der Waals surface area contributed by atoms with E-state index in [2.05, 4.69) is 0 Å². The maximum atomic E-state index is 12.6. The van der Waals surface area contributed by atoms with Crippen LogP contribution >= 0.6 is 11.6 Å². The Morgan fingerprint density at radius 1 is 1.45 bits per heavy atom. The number of piperidine rings is 1. The summed E-state index contributed by atoms with van der Waals surface area (Å²) in [6.45, 7) is 2.01. The van der Waals surface area contributed by atoms with E-state index >= 15 is 0 Å². The molecule has 20 heavy (non-hydrogen) atoms. The lowest BCUT2D eigenvalue weighted by atomic mass is 10.0. The predicted molar refractivity (Wildman–Crippen MR) is 75.3 cm³/mol. The first-order valence-corrected chi connectivity index (χ1v) is 8.14. The van der Waals surface area contributed by atoms with Crippen molar-refractivity contribution in [3.63, 3.8) is 0 Å². The third-order valence-corrected chi connectivity index (χ3v) is 5.99. The average molecular weight is 318 g/mol. The molecule has 1 fully saturated rings. The molecule has 1 heterocycles. The molecule has 0 bridgehead atoms. The lowest BCUT2D eigenvalue weighted by Crippen LogP contribution is -2.42. The Balaban J connectivity index is 2.35. The summed E-state index contributed by atoms with van der Waals surface area (Å²) in [5.74, 6) is -1.59. The summed E-state index contributed by atoms with van der Waals surface area (Å²) in [4.78, 5) is 11.2. The summed E-state index contributed by atoms with van der Waals surface area (Å²) >= 11 is 5.96. The fraction of sp³-hybridized carbons (Fsp3) is 0.462. The quantitative estimate of drug-likeness (QED) is 0.926. The second-order valence-corrected chi connectivity index (χ2v) is 7.22. The van der Waals surface area contributed by atoms with Crippen LogP contribution in [0.1, 0.15) is 18.4 Å². The van der Waals surface area contributed by atoms with Gasteiger partial charge >= 0.3 is 5.97 Å². The second-order valence-electron chi connectivity index (χ2n) is 4.90. The minimum absolute atomic E-state index is 0.0175. The van der Waals surface area contributed by atoms with Crippen LogP contribution in [0.25, 0.3) is 0 Å². The molecule has 1 saturated heterocycles. The predicted octanol–water partition coefficient (Wildman–Crippen LogP) is 2.13. The van der Waals surface area contributed by atoms with E-state index in [9.17, 15) is 13.2 Å². The highest BCUT2D eigenvalue weighted by Gasteiger charge is 2.34. The lowest BCUT2D eigenvalue weighted by Gasteiger charge is -2.30. The number of benzene rings is 1. The molecule has 0 aliphatic carbocycles. The number of sulfonamides is 1. The van der Waals surface area contributed by atoms with Gasteiger partial charge in [0.15, 0.2) is 0 Å². The van der Waals surface area contributed by atoms with Crippen LogP contribution in [0.15, 0.2) is 23.1 Å². The highest BCUT2D eigenvalue weighted by molar-refractivity contribution is 7.89. The number of carboxylic acid groups (broad SMARTS) is 1. The van der Waals surface area contributed by atoms with Crippen LogP contribution in [-0.4, -0.2) is 36.9 Å². The minimum Gasteiger partial charge on any atom is -0.481 e. The first-order chi connectivity index (χ1) is 9.34. The third kappa shape index (κ3) is 2.82. The summed E-state index contributed by atoms with van der Waals surface area (Å²) in [6.07, 6.45) is 1.06. The van der Waals surface area contributed by atoms with E-state index < -0.39 is 21.9 Å². The van der Waals surface area contributed by atoms with Gasteiger partial charge in [-0.3, -0.25) is 4.79 Å². The summed E-state index contributed by atoms with van der Waals surface area (Å²) < 4.78 is 26.4. The molecular formula is C13H16ClNO4S. The molecule has 0 radical (unpaired) electrons. The van der Waals surface area contributed by atoms with Gasteiger partial charge in [-0.1, -0.05) is 17.7 Å². The lowest BCUT2D eigenvalue weighted by molar-refractivity contribution is -0.142. The van der Waals surface area contributed by atoms with Crippen molar-refractivity contribution in [3.8, 4) is 0 Å². The molecule has 7 heteroatoms. The van der Waals surface area contributed by atoms with E-state index in [4.69, 9.17) is 16.7 Å². The van der Waals surface area contributed by atoms with Crippen LogP contribution in [0.3, 0.4) is 0 Å². The molecule has 0 amide bonds. The van der Waals surface area contributed by atoms with Gasteiger partial charge in [0.05, 0.1) is 10.8 Å². The SMILES string of the molecule is Cc1c(Cl)cccc1S(=O)(=O)N1CCCC(C(=O)O)C1. The molecule has 5 nitrogen and oxygen atoms in total. The van der Waals surface area contributed by atoms with Crippen LogP contribution in [-0.2, 0) is 14.8 Å². The molecule has 110 valence electrons. The average Bonchev–Trinajstić information content (AvgIpc) is 2.41. The van der Waals surface area contributed by atoms with Gasteiger partial charge in [-0.2, -0.15) is 4.31 Å². The van der Waals surface area contributed by atoms with E-state index in [1.807, 2.05) is 0 Å². The highest BCUT2D eigenvalue weighted by atomic mass is 35.5. The summed E-state index contributed by atoms with van der Waals surface area (Å²) in [5.41, 5.74) is 0.492. The Bertz CT molecular complexity index is 629. The monoisotopic (exact) mass is 317 g/mol. The number of carboxylic acids is 1. The Hall–Kier alpha value is -1.11. The number of rotatable bonds is 3. The summed E-state index contributed by atoms with van der Waals surface area (Å²) in [5, 5.41) is 9.44. The maximum Gasteiger partial charge on any atom is 0.307 e. The van der Waals surface area contributed by atoms with Crippen molar-refractivity contribution in [2.45, 2.75) is 24.7 Å². The van der Waals surface area contributed by atoms with E-state index in [0.29, 0.717) is 30.0 Å². The topological polar surface area (TPSA) is 74.7 Å². The largest absolute Gasteiger partial charge is 0.481 e. The van der Waals surface area contributed by atoms with Crippen LogP contribution in [0.4, 0.5) is 0 Å². The van der Waals surface area contributed by atoms with E-state index in [-0.39, 0.29) is 11.4 Å². The number of nitrogens with zero attached hydrogens (tertiary/aromatic N) is 1. The number of aliphatic carboxylic acids is 1. The number of halogens is 1. The van der Waals surface area contributed by atoms with Gasteiger partial charge in [0.25, 0.3) is 0 Å². The van der Waals surface area contributed by atoms with Crippen molar-refractivity contribution < 1.29 is 18.3 Å². The van der Waals surface area contributed by atoms with Gasteiger partial charge in [-0.05, 0) is 37.5 Å². The number of carbonyl (C=O) groups is 1. The molecule has 2 rings (SSSR count). The molecule has 0 spiro atoms. The maximum absolute atomic E-state index is 12.6. The van der Waals surface area contributed by atoms with Crippen molar-refractivity contribution in [1.82, 2.24) is 4.31 Å².